The Morgan fingerprint density at radius 2 is 1.82 bits per heavy atom. The number of amides is 2. The van der Waals surface area contributed by atoms with E-state index in [1.807, 2.05) is 5.32 Å². The number of alkyl halides is 3. The number of hydrogen-bond acceptors (Lipinski definition) is 5. The minimum Gasteiger partial charge on any atom is -0.550 e. The second-order valence-corrected chi connectivity index (χ2v) is 6.56. The molecule has 1 aromatic rings. The van der Waals surface area contributed by atoms with Gasteiger partial charge in [0.1, 0.15) is 0 Å². The maximum Gasteiger partial charge on any atom is 0.426 e. The van der Waals surface area contributed by atoms with E-state index >= 15 is 0 Å². The Hall–Kier alpha value is -2.33. The van der Waals surface area contributed by atoms with Crippen molar-refractivity contribution in [3.05, 3.63) is 28.8 Å². The van der Waals surface area contributed by atoms with Gasteiger partial charge < -0.3 is 25.6 Å². The third kappa shape index (κ3) is 6.68. The van der Waals surface area contributed by atoms with Gasteiger partial charge in [-0.15, -0.1) is 0 Å². The third-order valence-electron chi connectivity index (χ3n) is 3.82. The van der Waals surface area contributed by atoms with Crippen LogP contribution in [-0.2, 0) is 9.59 Å². The molecule has 0 aromatic heterocycles. The Kier molecular flexibility index (Phi) is 8.25. The van der Waals surface area contributed by atoms with E-state index in [-0.39, 0.29) is 29.2 Å². The fourth-order valence-corrected chi connectivity index (χ4v) is 2.23. The lowest BCUT2D eigenvalue weighted by Crippen LogP contribution is -2.52. The molecule has 1 aromatic carbocycles. The molecular weight excluding hydrogens is 405 g/mol. The van der Waals surface area contributed by atoms with E-state index in [1.165, 1.54) is 6.07 Å². The minimum atomic E-state index is -5.18. The number of halogens is 4. The molecule has 0 bridgehead atoms. The molecule has 7 nitrogen and oxygen atoms in total. The zero-order valence-electron chi connectivity index (χ0n) is 14.9. The molecule has 0 fully saturated rings. The molecule has 0 aliphatic carbocycles. The van der Waals surface area contributed by atoms with Crippen molar-refractivity contribution in [3.63, 3.8) is 0 Å². The van der Waals surface area contributed by atoms with Gasteiger partial charge in [0, 0.05) is 18.1 Å². The van der Waals surface area contributed by atoms with E-state index in [9.17, 15) is 37.8 Å². The van der Waals surface area contributed by atoms with Gasteiger partial charge in [-0.2, -0.15) is 13.2 Å². The Labute approximate surface area is 163 Å². The van der Waals surface area contributed by atoms with Crippen molar-refractivity contribution in [3.8, 4) is 0 Å². The van der Waals surface area contributed by atoms with Crippen LogP contribution in [0.15, 0.2) is 18.2 Å². The molecule has 1 atom stereocenters. The number of rotatable bonds is 9. The quantitative estimate of drug-likeness (QED) is 0.522. The highest BCUT2D eigenvalue weighted by atomic mass is 35.5. The molecule has 0 spiro atoms. The zero-order chi connectivity index (χ0) is 21.5. The number of benzene rings is 1. The number of aliphatic carboxylic acids is 1. The van der Waals surface area contributed by atoms with Crippen molar-refractivity contribution in [1.29, 1.82) is 0 Å². The molecule has 0 heterocycles. The van der Waals surface area contributed by atoms with Crippen LogP contribution in [0.4, 0.5) is 18.9 Å². The first-order valence-corrected chi connectivity index (χ1v) is 8.62. The molecular formula is C17H19ClF3N2O5-. The van der Waals surface area contributed by atoms with Crippen molar-refractivity contribution >= 4 is 35.1 Å². The lowest BCUT2D eigenvalue weighted by atomic mass is 10.1. The highest BCUT2D eigenvalue weighted by Gasteiger charge is 2.55. The summed E-state index contributed by atoms with van der Waals surface area (Å²) in [6, 6.07) is 3.54. The second kappa shape index (κ2) is 9.74. The number of carboxylic acids is 1. The van der Waals surface area contributed by atoms with Crippen molar-refractivity contribution in [2.45, 2.75) is 44.4 Å². The van der Waals surface area contributed by atoms with Crippen LogP contribution in [0.2, 0.25) is 5.02 Å². The molecule has 11 heteroatoms. The van der Waals surface area contributed by atoms with Gasteiger partial charge in [0.2, 0.25) is 5.60 Å². The number of hydrogen-bond donors (Lipinski definition) is 3. The largest absolute Gasteiger partial charge is 0.550 e. The Bertz CT molecular complexity index is 738. The molecule has 0 aliphatic heterocycles. The lowest BCUT2D eigenvalue weighted by molar-refractivity contribution is -0.305. The molecule has 28 heavy (non-hydrogen) atoms. The van der Waals surface area contributed by atoms with Gasteiger partial charge in [-0.3, -0.25) is 9.59 Å². The standard InChI is InChI=1S/C17H20ClF3N2O5/c1-16(28,17(19,20)21)15(27)23-12-7-6-10(9-11(12)18)14(26)22-8-4-2-3-5-13(24)25/h6-7,9,28H,2-5,8H2,1H3,(H,22,26)(H,23,27)(H,24,25)/p-1/t16-/m1/s1. The highest BCUT2D eigenvalue weighted by Crippen LogP contribution is 2.32. The third-order valence-corrected chi connectivity index (χ3v) is 4.13. The molecule has 2 amide bonds. The highest BCUT2D eigenvalue weighted by molar-refractivity contribution is 6.34. The number of carboxylic acid groups (broad SMARTS) is 1. The van der Waals surface area contributed by atoms with Crippen molar-refractivity contribution in [2.75, 3.05) is 11.9 Å². The Balaban J connectivity index is 2.63. The van der Waals surface area contributed by atoms with E-state index in [2.05, 4.69) is 5.32 Å². The van der Waals surface area contributed by atoms with E-state index < -0.39 is 29.6 Å². The Morgan fingerprint density at radius 3 is 2.36 bits per heavy atom. The summed E-state index contributed by atoms with van der Waals surface area (Å²) in [5, 5.41) is 23.9. The van der Waals surface area contributed by atoms with Crippen LogP contribution in [0.5, 0.6) is 0 Å². The van der Waals surface area contributed by atoms with Crippen LogP contribution in [-0.4, -0.2) is 41.2 Å². The number of unbranched alkanes of at least 4 members (excludes halogenated alkanes) is 2. The topological polar surface area (TPSA) is 119 Å². The van der Waals surface area contributed by atoms with Crippen LogP contribution in [0.25, 0.3) is 0 Å². The number of carbonyl (C=O) groups excluding carboxylic acids is 3. The van der Waals surface area contributed by atoms with Gasteiger partial charge in [0.25, 0.3) is 11.8 Å². The van der Waals surface area contributed by atoms with Gasteiger partial charge in [0.05, 0.1) is 10.7 Å². The first-order chi connectivity index (χ1) is 12.9. The average molecular weight is 424 g/mol. The fraction of sp³-hybridized carbons (Fsp3) is 0.471. The number of nitrogens with one attached hydrogen (secondary N) is 2. The average Bonchev–Trinajstić information content (AvgIpc) is 2.58. The molecule has 156 valence electrons. The predicted molar refractivity (Wildman–Crippen MR) is 92.6 cm³/mol. The zero-order valence-corrected chi connectivity index (χ0v) is 15.6. The van der Waals surface area contributed by atoms with Crippen molar-refractivity contribution in [1.82, 2.24) is 5.32 Å². The molecule has 0 unspecified atom stereocenters. The summed E-state index contributed by atoms with van der Waals surface area (Å²) >= 11 is 5.89. The monoisotopic (exact) mass is 423 g/mol. The lowest BCUT2D eigenvalue weighted by Gasteiger charge is -2.25. The molecule has 0 saturated heterocycles. The van der Waals surface area contributed by atoms with E-state index in [0.717, 1.165) is 12.1 Å². The fourth-order valence-electron chi connectivity index (χ4n) is 2.01. The summed E-state index contributed by atoms with van der Waals surface area (Å²) in [4.78, 5) is 33.9. The van der Waals surface area contributed by atoms with E-state index in [0.29, 0.717) is 26.2 Å². The van der Waals surface area contributed by atoms with Crippen LogP contribution in [0.3, 0.4) is 0 Å². The number of aliphatic hydroxyl groups is 1. The number of anilines is 1. The van der Waals surface area contributed by atoms with Gasteiger partial charge >= 0.3 is 6.18 Å². The van der Waals surface area contributed by atoms with Crippen LogP contribution >= 0.6 is 11.6 Å². The van der Waals surface area contributed by atoms with E-state index in [4.69, 9.17) is 11.6 Å². The summed E-state index contributed by atoms with van der Waals surface area (Å²) < 4.78 is 38.0. The van der Waals surface area contributed by atoms with Crippen LogP contribution in [0.1, 0.15) is 43.0 Å². The maximum atomic E-state index is 12.7. The van der Waals surface area contributed by atoms with Crippen LogP contribution < -0.4 is 15.7 Å². The number of carbonyl (C=O) groups is 3. The minimum absolute atomic E-state index is 0.0576. The van der Waals surface area contributed by atoms with Gasteiger partial charge in [-0.1, -0.05) is 18.0 Å². The molecule has 1 rings (SSSR count). The normalized spacial score (nSPS) is 13.5. The smallest absolute Gasteiger partial charge is 0.426 e. The molecule has 0 radical (unpaired) electrons. The van der Waals surface area contributed by atoms with Gasteiger partial charge in [0.15, 0.2) is 0 Å². The first kappa shape index (κ1) is 23.7. The summed E-state index contributed by atoms with van der Waals surface area (Å²) in [5.74, 6) is -3.35. The van der Waals surface area contributed by atoms with Gasteiger partial charge in [-0.05, 0) is 44.4 Å². The van der Waals surface area contributed by atoms with Crippen molar-refractivity contribution < 1.29 is 37.8 Å². The SMILES string of the molecule is C[C@@](O)(C(=O)Nc1ccc(C(=O)NCCCCCC(=O)[O-])cc1Cl)C(F)(F)F. The first-order valence-electron chi connectivity index (χ1n) is 8.24. The Morgan fingerprint density at radius 1 is 1.18 bits per heavy atom. The summed E-state index contributed by atoms with van der Waals surface area (Å²) in [5.41, 5.74) is -3.70. The molecule has 3 N–H and O–H groups in total. The summed E-state index contributed by atoms with van der Waals surface area (Å²) in [6.07, 6.45) is -3.67. The second-order valence-electron chi connectivity index (χ2n) is 6.16. The molecule has 0 aliphatic rings. The summed E-state index contributed by atoms with van der Waals surface area (Å²) in [6.45, 7) is 0.599. The van der Waals surface area contributed by atoms with Gasteiger partial charge in [-0.25, -0.2) is 0 Å². The van der Waals surface area contributed by atoms with Crippen LogP contribution in [0, 0.1) is 0 Å². The van der Waals surface area contributed by atoms with Crippen molar-refractivity contribution in [2.24, 2.45) is 0 Å². The predicted octanol–water partition coefficient (Wildman–Crippen LogP) is 1.63. The maximum absolute atomic E-state index is 12.7. The summed E-state index contributed by atoms with van der Waals surface area (Å²) in [7, 11) is 0. The molecule has 0 saturated carbocycles. The van der Waals surface area contributed by atoms with E-state index in [1.54, 1.807) is 0 Å².